The smallest absolute Gasteiger partial charge is 0.0938 e. The molecule has 4 heteroatoms. The normalized spacial score (nSPS) is 26.6. The standard InChI is InChI=1S/C13H27NO2S/c1-3-5-13(10-17,6-4-2)9-14-7-11(15)12(16)8-14/h11-12,15-17H,3-10H2,1-2H3. The molecule has 1 saturated heterocycles. The number of β-amino-alcohol motifs (C(OH)–C–C–N with tert-alkyl or cyclic N) is 2. The fourth-order valence-electron chi connectivity index (χ4n) is 3.00. The highest BCUT2D eigenvalue weighted by molar-refractivity contribution is 7.80. The maximum atomic E-state index is 9.59. The van der Waals surface area contributed by atoms with Crippen molar-refractivity contribution in [1.29, 1.82) is 0 Å². The van der Waals surface area contributed by atoms with Gasteiger partial charge >= 0.3 is 0 Å². The van der Waals surface area contributed by atoms with Crippen LogP contribution in [0.15, 0.2) is 0 Å². The summed E-state index contributed by atoms with van der Waals surface area (Å²) in [6.45, 7) is 6.57. The van der Waals surface area contributed by atoms with Crippen LogP contribution in [0.3, 0.4) is 0 Å². The minimum atomic E-state index is -0.573. The van der Waals surface area contributed by atoms with Crippen LogP contribution >= 0.6 is 12.6 Å². The van der Waals surface area contributed by atoms with Crippen LogP contribution in [0.25, 0.3) is 0 Å². The van der Waals surface area contributed by atoms with E-state index in [-0.39, 0.29) is 5.41 Å². The third kappa shape index (κ3) is 4.12. The first-order valence-electron chi connectivity index (χ1n) is 6.76. The Bertz CT molecular complexity index is 209. The minimum Gasteiger partial charge on any atom is -0.389 e. The highest BCUT2D eigenvalue weighted by Crippen LogP contribution is 2.33. The van der Waals surface area contributed by atoms with Gasteiger partial charge in [0.05, 0.1) is 12.2 Å². The second-order valence-corrected chi connectivity index (χ2v) is 5.80. The summed E-state index contributed by atoms with van der Waals surface area (Å²) < 4.78 is 0. The molecule has 0 aromatic carbocycles. The number of likely N-dealkylation sites (tertiary alicyclic amines) is 1. The zero-order chi connectivity index (χ0) is 12.9. The average Bonchev–Trinajstić information content (AvgIpc) is 2.58. The molecule has 1 aliphatic heterocycles. The van der Waals surface area contributed by atoms with E-state index in [9.17, 15) is 10.2 Å². The van der Waals surface area contributed by atoms with Crippen LogP contribution < -0.4 is 0 Å². The Kier molecular flexibility index (Phi) is 6.27. The van der Waals surface area contributed by atoms with Gasteiger partial charge < -0.3 is 10.2 Å². The van der Waals surface area contributed by atoms with Crippen molar-refractivity contribution in [2.24, 2.45) is 5.41 Å². The third-order valence-electron chi connectivity index (χ3n) is 3.79. The number of hydrogen-bond acceptors (Lipinski definition) is 4. The van der Waals surface area contributed by atoms with E-state index in [1.807, 2.05) is 0 Å². The summed E-state index contributed by atoms with van der Waals surface area (Å²) in [6, 6.07) is 0. The number of aliphatic hydroxyl groups excluding tert-OH is 2. The van der Waals surface area contributed by atoms with E-state index in [2.05, 4.69) is 31.4 Å². The summed E-state index contributed by atoms with van der Waals surface area (Å²) in [6.07, 6.45) is 3.53. The minimum absolute atomic E-state index is 0.246. The van der Waals surface area contributed by atoms with E-state index < -0.39 is 12.2 Å². The topological polar surface area (TPSA) is 43.7 Å². The summed E-state index contributed by atoms with van der Waals surface area (Å²) in [5, 5.41) is 19.2. The van der Waals surface area contributed by atoms with Crippen molar-refractivity contribution in [3.05, 3.63) is 0 Å². The second kappa shape index (κ2) is 6.98. The van der Waals surface area contributed by atoms with E-state index in [0.717, 1.165) is 12.3 Å². The first-order chi connectivity index (χ1) is 8.06. The van der Waals surface area contributed by atoms with Gasteiger partial charge in [-0.1, -0.05) is 26.7 Å². The maximum absolute atomic E-state index is 9.59. The molecule has 1 heterocycles. The Labute approximate surface area is 111 Å². The molecule has 0 amide bonds. The van der Waals surface area contributed by atoms with Crippen LogP contribution in [0, 0.1) is 5.41 Å². The van der Waals surface area contributed by atoms with E-state index in [1.165, 1.54) is 25.7 Å². The number of thiol groups is 1. The van der Waals surface area contributed by atoms with Gasteiger partial charge in [-0.3, -0.25) is 4.90 Å². The number of hydrogen-bond donors (Lipinski definition) is 3. The lowest BCUT2D eigenvalue weighted by Gasteiger charge is -2.36. The van der Waals surface area contributed by atoms with Gasteiger partial charge in [-0.15, -0.1) is 0 Å². The predicted octanol–water partition coefficient (Wildman–Crippen LogP) is 1.54. The highest BCUT2D eigenvalue weighted by Gasteiger charge is 2.35. The molecule has 102 valence electrons. The predicted molar refractivity (Wildman–Crippen MR) is 74.6 cm³/mol. The molecule has 2 N–H and O–H groups in total. The molecule has 2 unspecified atom stereocenters. The van der Waals surface area contributed by atoms with Gasteiger partial charge in [0.15, 0.2) is 0 Å². The van der Waals surface area contributed by atoms with Crippen LogP contribution in [-0.2, 0) is 0 Å². The summed E-state index contributed by atoms with van der Waals surface area (Å²) >= 11 is 4.54. The summed E-state index contributed by atoms with van der Waals surface area (Å²) in [4.78, 5) is 2.19. The Morgan fingerprint density at radius 3 is 1.94 bits per heavy atom. The molecule has 0 aromatic heterocycles. The lowest BCUT2D eigenvalue weighted by molar-refractivity contribution is 0.0572. The first-order valence-corrected chi connectivity index (χ1v) is 7.39. The molecule has 0 bridgehead atoms. The Morgan fingerprint density at radius 1 is 1.12 bits per heavy atom. The fourth-order valence-corrected chi connectivity index (χ4v) is 3.42. The number of nitrogens with zero attached hydrogens (tertiary/aromatic N) is 1. The fraction of sp³-hybridized carbons (Fsp3) is 1.00. The zero-order valence-electron chi connectivity index (χ0n) is 11.1. The molecule has 17 heavy (non-hydrogen) atoms. The second-order valence-electron chi connectivity index (χ2n) is 5.49. The van der Waals surface area contributed by atoms with Crippen LogP contribution in [0.4, 0.5) is 0 Å². The molecule has 0 saturated carbocycles. The van der Waals surface area contributed by atoms with Crippen molar-refractivity contribution in [2.45, 2.75) is 51.7 Å². The zero-order valence-corrected chi connectivity index (χ0v) is 12.0. The van der Waals surface area contributed by atoms with Crippen LogP contribution in [-0.4, -0.2) is 52.7 Å². The van der Waals surface area contributed by atoms with E-state index in [1.54, 1.807) is 0 Å². The molecule has 1 rings (SSSR count). The third-order valence-corrected chi connectivity index (χ3v) is 4.46. The van der Waals surface area contributed by atoms with Gasteiger partial charge in [-0.25, -0.2) is 0 Å². The van der Waals surface area contributed by atoms with Crippen molar-refractivity contribution in [3.63, 3.8) is 0 Å². The lowest BCUT2D eigenvalue weighted by Crippen LogP contribution is -2.38. The molecule has 1 fully saturated rings. The average molecular weight is 261 g/mol. The van der Waals surface area contributed by atoms with E-state index in [0.29, 0.717) is 13.1 Å². The summed E-state index contributed by atoms with van der Waals surface area (Å²) in [5.41, 5.74) is 0.246. The molecule has 3 nitrogen and oxygen atoms in total. The number of rotatable bonds is 7. The summed E-state index contributed by atoms with van der Waals surface area (Å²) in [7, 11) is 0. The maximum Gasteiger partial charge on any atom is 0.0938 e. The van der Waals surface area contributed by atoms with Crippen molar-refractivity contribution < 1.29 is 10.2 Å². The molecule has 0 aliphatic carbocycles. The van der Waals surface area contributed by atoms with E-state index >= 15 is 0 Å². The van der Waals surface area contributed by atoms with Gasteiger partial charge in [0.2, 0.25) is 0 Å². The molecule has 2 atom stereocenters. The van der Waals surface area contributed by atoms with Gasteiger partial charge in [-0.05, 0) is 24.0 Å². The largest absolute Gasteiger partial charge is 0.389 e. The van der Waals surface area contributed by atoms with Gasteiger partial charge in [0.1, 0.15) is 0 Å². The van der Waals surface area contributed by atoms with Crippen molar-refractivity contribution in [3.8, 4) is 0 Å². The van der Waals surface area contributed by atoms with Gasteiger partial charge in [0.25, 0.3) is 0 Å². The highest BCUT2D eigenvalue weighted by atomic mass is 32.1. The lowest BCUT2D eigenvalue weighted by atomic mass is 9.80. The SMILES string of the molecule is CCCC(CS)(CCC)CN1CC(O)C(O)C1. The molecule has 0 aromatic rings. The molecular formula is C13H27NO2S. The van der Waals surface area contributed by atoms with Gasteiger partial charge in [0, 0.05) is 19.6 Å². The van der Waals surface area contributed by atoms with Crippen LogP contribution in [0.1, 0.15) is 39.5 Å². The number of aliphatic hydroxyl groups is 2. The molecular weight excluding hydrogens is 234 g/mol. The van der Waals surface area contributed by atoms with Gasteiger partial charge in [-0.2, -0.15) is 12.6 Å². The van der Waals surface area contributed by atoms with E-state index in [4.69, 9.17) is 0 Å². The van der Waals surface area contributed by atoms with Crippen molar-refractivity contribution in [1.82, 2.24) is 4.90 Å². The first kappa shape index (κ1) is 15.3. The quantitative estimate of drug-likeness (QED) is 0.609. The van der Waals surface area contributed by atoms with Crippen LogP contribution in [0.2, 0.25) is 0 Å². The van der Waals surface area contributed by atoms with Crippen LogP contribution in [0.5, 0.6) is 0 Å². The van der Waals surface area contributed by atoms with Crippen molar-refractivity contribution >= 4 is 12.6 Å². The molecule has 1 aliphatic rings. The molecule has 0 spiro atoms. The Hall–Kier alpha value is 0.230. The monoisotopic (exact) mass is 261 g/mol. The summed E-state index contributed by atoms with van der Waals surface area (Å²) in [5.74, 6) is 0.886. The van der Waals surface area contributed by atoms with Crippen molar-refractivity contribution in [2.75, 3.05) is 25.4 Å². The molecule has 0 radical (unpaired) electrons. The Morgan fingerprint density at radius 2 is 1.59 bits per heavy atom. The Balaban J connectivity index is 2.59.